The van der Waals surface area contributed by atoms with Crippen LogP contribution in [0, 0.1) is 0 Å². The molecule has 1 fully saturated rings. The molecule has 14 heavy (non-hydrogen) atoms. The molecule has 0 unspecified atom stereocenters. The highest BCUT2D eigenvalue weighted by Crippen LogP contribution is 2.36. The lowest BCUT2D eigenvalue weighted by molar-refractivity contribution is -0.127. The SMILES string of the molecule is CC1(C)CC(=O)CC(C)(C)N1[SH](=O)=O. The Morgan fingerprint density at radius 2 is 1.43 bits per heavy atom. The lowest BCUT2D eigenvalue weighted by Gasteiger charge is -2.47. The molecule has 0 aliphatic carbocycles. The number of rotatable bonds is 1. The van der Waals surface area contributed by atoms with Gasteiger partial charge in [0.1, 0.15) is 5.78 Å². The number of nitrogens with zero attached hydrogens (tertiary/aromatic N) is 1. The smallest absolute Gasteiger partial charge is 0.204 e. The average Bonchev–Trinajstić information content (AvgIpc) is 1.75. The lowest BCUT2D eigenvalue weighted by Crippen LogP contribution is -2.59. The normalized spacial score (nSPS) is 26.8. The van der Waals surface area contributed by atoms with Crippen molar-refractivity contribution in [3.05, 3.63) is 0 Å². The first-order chi connectivity index (χ1) is 6.17. The van der Waals surface area contributed by atoms with Crippen LogP contribution < -0.4 is 0 Å². The Morgan fingerprint density at radius 1 is 1.07 bits per heavy atom. The van der Waals surface area contributed by atoms with Crippen molar-refractivity contribution in [3.8, 4) is 0 Å². The van der Waals surface area contributed by atoms with Gasteiger partial charge in [-0.1, -0.05) is 0 Å². The number of carbonyl (C=O) groups excluding carboxylic acids is 1. The van der Waals surface area contributed by atoms with E-state index in [0.29, 0.717) is 12.8 Å². The van der Waals surface area contributed by atoms with Crippen molar-refractivity contribution in [1.29, 1.82) is 0 Å². The maximum absolute atomic E-state index is 11.4. The summed E-state index contributed by atoms with van der Waals surface area (Å²) < 4.78 is 23.7. The molecule has 0 aromatic heterocycles. The fourth-order valence-electron chi connectivity index (χ4n) is 2.44. The third-order valence-corrected chi connectivity index (χ3v) is 3.98. The van der Waals surface area contributed by atoms with E-state index in [1.165, 1.54) is 4.31 Å². The molecule has 5 heteroatoms. The maximum Gasteiger partial charge on any atom is 0.204 e. The molecule has 0 amide bonds. The predicted molar refractivity (Wildman–Crippen MR) is 54.6 cm³/mol. The minimum Gasteiger partial charge on any atom is -0.300 e. The second-order valence-electron chi connectivity index (χ2n) is 5.07. The zero-order chi connectivity index (χ0) is 11.1. The fraction of sp³-hybridized carbons (Fsp3) is 0.889. The van der Waals surface area contributed by atoms with Crippen LogP contribution in [-0.4, -0.2) is 29.6 Å². The Bertz CT molecular complexity index is 303. The van der Waals surface area contributed by atoms with Gasteiger partial charge in [0.2, 0.25) is 10.9 Å². The predicted octanol–water partition coefficient (Wildman–Crippen LogP) is 0.735. The molecule has 0 radical (unpaired) electrons. The number of hydrogen-bond donors (Lipinski definition) is 1. The van der Waals surface area contributed by atoms with E-state index in [1.54, 1.807) is 27.7 Å². The van der Waals surface area contributed by atoms with Crippen LogP contribution in [0.1, 0.15) is 40.5 Å². The molecule has 1 saturated heterocycles. The van der Waals surface area contributed by atoms with Gasteiger partial charge in [-0.05, 0) is 27.7 Å². The van der Waals surface area contributed by atoms with Crippen LogP contribution >= 0.6 is 0 Å². The minimum absolute atomic E-state index is 0.133. The second kappa shape index (κ2) is 3.31. The Labute approximate surface area is 86.4 Å². The number of ketones is 1. The van der Waals surface area contributed by atoms with Crippen LogP contribution in [0.4, 0.5) is 0 Å². The highest BCUT2D eigenvalue weighted by molar-refractivity contribution is 7.70. The maximum atomic E-state index is 11.4. The van der Waals surface area contributed by atoms with Crippen molar-refractivity contribution in [2.45, 2.75) is 51.6 Å². The summed E-state index contributed by atoms with van der Waals surface area (Å²) in [5, 5.41) is 0. The van der Waals surface area contributed by atoms with E-state index in [4.69, 9.17) is 0 Å². The second-order valence-corrected chi connectivity index (χ2v) is 5.94. The lowest BCUT2D eigenvalue weighted by atomic mass is 9.82. The van der Waals surface area contributed by atoms with Crippen molar-refractivity contribution in [1.82, 2.24) is 4.31 Å². The monoisotopic (exact) mass is 219 g/mol. The Hall–Kier alpha value is -0.420. The van der Waals surface area contributed by atoms with Crippen LogP contribution in [0.15, 0.2) is 0 Å². The van der Waals surface area contributed by atoms with Gasteiger partial charge in [0, 0.05) is 23.9 Å². The van der Waals surface area contributed by atoms with Crippen LogP contribution in [-0.2, 0) is 15.7 Å². The molecule has 0 aromatic rings. The van der Waals surface area contributed by atoms with E-state index in [2.05, 4.69) is 0 Å². The summed E-state index contributed by atoms with van der Waals surface area (Å²) in [6.45, 7) is 7.15. The van der Waals surface area contributed by atoms with Gasteiger partial charge in [-0.3, -0.25) is 4.79 Å². The molecule has 4 nitrogen and oxygen atoms in total. The van der Waals surface area contributed by atoms with Gasteiger partial charge < -0.3 is 0 Å². The molecule has 82 valence electrons. The van der Waals surface area contributed by atoms with E-state index in [-0.39, 0.29) is 5.78 Å². The van der Waals surface area contributed by atoms with Crippen LogP contribution in [0.3, 0.4) is 0 Å². The third kappa shape index (κ3) is 1.98. The van der Waals surface area contributed by atoms with Gasteiger partial charge in [-0.15, -0.1) is 0 Å². The standard InChI is InChI=1S/C9H17NO3S/c1-8(2)5-7(11)6-9(3,4)10(8)14(12)13/h14H,5-6H2,1-4H3. The van der Waals surface area contributed by atoms with Crippen LogP contribution in [0.25, 0.3) is 0 Å². The quantitative estimate of drug-likeness (QED) is 0.662. The van der Waals surface area contributed by atoms with Gasteiger partial charge in [0.25, 0.3) is 0 Å². The average molecular weight is 219 g/mol. The largest absolute Gasteiger partial charge is 0.300 e. The number of carbonyl (C=O) groups is 1. The fourth-order valence-corrected chi connectivity index (χ4v) is 3.46. The highest BCUT2D eigenvalue weighted by Gasteiger charge is 2.46. The van der Waals surface area contributed by atoms with E-state index in [0.717, 1.165) is 0 Å². The topological polar surface area (TPSA) is 54.5 Å². The molecule has 0 spiro atoms. The zero-order valence-corrected chi connectivity index (χ0v) is 9.93. The molecule has 1 heterocycles. The highest BCUT2D eigenvalue weighted by atomic mass is 32.2. The van der Waals surface area contributed by atoms with Crippen LogP contribution in [0.2, 0.25) is 0 Å². The van der Waals surface area contributed by atoms with Gasteiger partial charge in [0.05, 0.1) is 0 Å². The van der Waals surface area contributed by atoms with Gasteiger partial charge in [-0.2, -0.15) is 4.31 Å². The number of thiol groups is 1. The zero-order valence-electron chi connectivity index (χ0n) is 9.03. The number of hydrogen-bond acceptors (Lipinski definition) is 3. The molecular formula is C9H17NO3S. The summed E-state index contributed by atoms with van der Waals surface area (Å²) in [5.41, 5.74) is -1.18. The summed E-state index contributed by atoms with van der Waals surface area (Å²) in [6, 6.07) is 0. The van der Waals surface area contributed by atoms with Crippen LogP contribution in [0.5, 0.6) is 0 Å². The Morgan fingerprint density at radius 3 is 1.71 bits per heavy atom. The molecule has 0 atom stereocenters. The van der Waals surface area contributed by atoms with E-state index in [9.17, 15) is 13.2 Å². The molecule has 0 saturated carbocycles. The summed E-state index contributed by atoms with van der Waals surface area (Å²) in [4.78, 5) is 11.4. The molecular weight excluding hydrogens is 202 g/mol. The molecule has 1 aliphatic heterocycles. The van der Waals surface area contributed by atoms with E-state index >= 15 is 0 Å². The molecule has 0 N–H and O–H groups in total. The first kappa shape index (κ1) is 11.7. The first-order valence-electron chi connectivity index (χ1n) is 4.63. The first-order valence-corrected chi connectivity index (χ1v) is 5.76. The Kier molecular flexibility index (Phi) is 2.75. The number of piperidine rings is 1. The summed E-state index contributed by atoms with van der Waals surface area (Å²) in [7, 11) is -2.63. The van der Waals surface area contributed by atoms with Crippen molar-refractivity contribution >= 4 is 16.7 Å². The van der Waals surface area contributed by atoms with Crippen molar-refractivity contribution in [3.63, 3.8) is 0 Å². The van der Waals surface area contributed by atoms with Gasteiger partial charge in [0.15, 0.2) is 0 Å². The Balaban J connectivity index is 3.15. The van der Waals surface area contributed by atoms with Crippen molar-refractivity contribution < 1.29 is 13.2 Å². The van der Waals surface area contributed by atoms with Gasteiger partial charge >= 0.3 is 0 Å². The summed E-state index contributed by atoms with van der Waals surface area (Å²) in [5.74, 6) is 0.133. The molecule has 0 bridgehead atoms. The molecule has 0 aromatic carbocycles. The minimum atomic E-state index is -2.63. The summed E-state index contributed by atoms with van der Waals surface area (Å²) in [6.07, 6.45) is 0.611. The molecule has 1 aliphatic rings. The van der Waals surface area contributed by atoms with E-state index < -0.39 is 22.0 Å². The molecule has 1 rings (SSSR count). The van der Waals surface area contributed by atoms with Crippen molar-refractivity contribution in [2.75, 3.05) is 0 Å². The number of Topliss-reactive ketones (excluding diaryl/α,β-unsaturated/α-hetero) is 1. The summed E-state index contributed by atoms with van der Waals surface area (Å²) >= 11 is 0. The third-order valence-electron chi connectivity index (χ3n) is 2.57. The van der Waals surface area contributed by atoms with E-state index in [1.807, 2.05) is 0 Å². The van der Waals surface area contributed by atoms with Gasteiger partial charge in [-0.25, -0.2) is 8.42 Å². The van der Waals surface area contributed by atoms with Crippen molar-refractivity contribution in [2.24, 2.45) is 0 Å².